The molecule has 0 spiro atoms. The number of nitrogens with one attached hydrogen (secondary N) is 1. The molecular formula is C27H29ClN2O4. The Morgan fingerprint density at radius 3 is 2.59 bits per heavy atom. The zero-order valence-electron chi connectivity index (χ0n) is 19.1. The van der Waals surface area contributed by atoms with Crippen molar-refractivity contribution in [1.82, 2.24) is 10.2 Å². The Morgan fingerprint density at radius 2 is 1.94 bits per heavy atom. The van der Waals surface area contributed by atoms with Crippen LogP contribution in [-0.2, 0) is 22.7 Å². The summed E-state index contributed by atoms with van der Waals surface area (Å²) in [5.74, 6) is -0.665. The topological polar surface area (TPSA) is 89.9 Å². The Balaban J connectivity index is 1.77. The van der Waals surface area contributed by atoms with Gasteiger partial charge in [0, 0.05) is 30.1 Å². The zero-order valence-corrected chi connectivity index (χ0v) is 19.8. The summed E-state index contributed by atoms with van der Waals surface area (Å²) in [6.45, 7) is 5.88. The molecule has 2 aromatic carbocycles. The maximum atomic E-state index is 13.4. The average Bonchev–Trinajstić information content (AvgIpc) is 3.25. The summed E-state index contributed by atoms with van der Waals surface area (Å²) in [5.41, 5.74) is 3.53. The van der Waals surface area contributed by atoms with E-state index in [2.05, 4.69) is 11.9 Å². The Morgan fingerprint density at radius 1 is 1.21 bits per heavy atom. The third kappa shape index (κ3) is 6.23. The maximum absolute atomic E-state index is 13.4. The van der Waals surface area contributed by atoms with Crippen LogP contribution < -0.4 is 5.32 Å². The highest BCUT2D eigenvalue weighted by Crippen LogP contribution is 2.24. The Hall–Kier alpha value is -3.19. The number of likely N-dealkylation sites (tertiary alicyclic amines) is 1. The number of hydrogen-bond donors (Lipinski definition) is 3. The van der Waals surface area contributed by atoms with E-state index in [1.807, 2.05) is 36.4 Å². The first kappa shape index (κ1) is 25.4. The van der Waals surface area contributed by atoms with Crippen molar-refractivity contribution >= 4 is 29.0 Å². The summed E-state index contributed by atoms with van der Waals surface area (Å²) < 4.78 is 0. The molecule has 3 rings (SSSR count). The molecule has 0 aromatic heterocycles. The number of rotatable bonds is 8. The third-order valence-electron chi connectivity index (χ3n) is 5.75. The number of benzene rings is 2. The molecule has 178 valence electrons. The van der Waals surface area contributed by atoms with Gasteiger partial charge < -0.3 is 20.4 Å². The molecule has 1 aliphatic rings. The fourth-order valence-electron chi connectivity index (χ4n) is 3.91. The monoisotopic (exact) mass is 480 g/mol. The fourth-order valence-corrected chi connectivity index (χ4v) is 4.03. The molecule has 7 heteroatoms. The van der Waals surface area contributed by atoms with Crippen molar-refractivity contribution in [3.05, 3.63) is 101 Å². The lowest BCUT2D eigenvalue weighted by molar-refractivity contribution is -0.135. The van der Waals surface area contributed by atoms with Crippen molar-refractivity contribution in [2.24, 2.45) is 0 Å². The lowest BCUT2D eigenvalue weighted by Gasteiger charge is -2.24. The number of nitrogens with zero attached hydrogens (tertiary/aromatic N) is 1. The van der Waals surface area contributed by atoms with Gasteiger partial charge in [-0.05, 0) is 53.5 Å². The highest BCUT2D eigenvalue weighted by molar-refractivity contribution is 6.30. The number of β-amino-alcohol motifs (C(OH)–C–C–N with tert-alkyl or cyclic N) is 1. The van der Waals surface area contributed by atoms with Crippen LogP contribution in [-0.4, -0.2) is 45.6 Å². The molecule has 0 radical (unpaired) electrons. The molecule has 0 saturated carbocycles. The molecule has 2 atom stereocenters. The third-order valence-corrected chi connectivity index (χ3v) is 6.01. The Bertz CT molecular complexity index is 1110. The van der Waals surface area contributed by atoms with E-state index in [0.717, 1.165) is 16.7 Å². The van der Waals surface area contributed by atoms with E-state index in [4.69, 9.17) is 11.6 Å². The predicted octanol–water partition coefficient (Wildman–Crippen LogP) is 3.63. The summed E-state index contributed by atoms with van der Waals surface area (Å²) in [6.07, 6.45) is 4.42. The number of carbonyl (C=O) groups is 2. The van der Waals surface area contributed by atoms with Gasteiger partial charge in [0.2, 0.25) is 5.91 Å². The van der Waals surface area contributed by atoms with Gasteiger partial charge in [0.25, 0.3) is 5.91 Å². The first-order valence-corrected chi connectivity index (χ1v) is 11.5. The Kier molecular flexibility index (Phi) is 8.82. The number of aliphatic hydroxyl groups excluding tert-OH is 2. The van der Waals surface area contributed by atoms with Crippen LogP contribution >= 0.6 is 11.6 Å². The van der Waals surface area contributed by atoms with Gasteiger partial charge >= 0.3 is 0 Å². The fraction of sp³-hybridized carbons (Fsp3) is 0.259. The van der Waals surface area contributed by atoms with Crippen LogP contribution in [0.15, 0.2) is 78.9 Å². The molecule has 6 nitrogen and oxygen atoms in total. The van der Waals surface area contributed by atoms with E-state index in [1.165, 1.54) is 4.90 Å². The minimum atomic E-state index is -0.780. The smallest absolute Gasteiger partial charge is 0.254 e. The molecule has 1 aliphatic heterocycles. The van der Waals surface area contributed by atoms with E-state index in [-0.39, 0.29) is 31.4 Å². The van der Waals surface area contributed by atoms with Crippen molar-refractivity contribution in [2.45, 2.75) is 38.6 Å². The first-order chi connectivity index (χ1) is 16.4. The van der Waals surface area contributed by atoms with Crippen LogP contribution in [0.25, 0.3) is 5.57 Å². The molecule has 0 unspecified atom stereocenters. The molecule has 1 fully saturated rings. The largest absolute Gasteiger partial charge is 0.392 e. The van der Waals surface area contributed by atoms with Gasteiger partial charge in [-0.25, -0.2) is 0 Å². The van der Waals surface area contributed by atoms with Crippen molar-refractivity contribution < 1.29 is 19.8 Å². The lowest BCUT2D eigenvalue weighted by atomic mass is 10.00. The van der Waals surface area contributed by atoms with Crippen LogP contribution in [0.1, 0.15) is 30.0 Å². The van der Waals surface area contributed by atoms with Gasteiger partial charge in [-0.3, -0.25) is 9.59 Å². The number of aliphatic hydroxyl groups is 2. The minimum Gasteiger partial charge on any atom is -0.392 e. The highest BCUT2D eigenvalue weighted by atomic mass is 35.5. The van der Waals surface area contributed by atoms with Gasteiger partial charge in [0.05, 0.1) is 12.7 Å². The molecule has 2 aromatic rings. The maximum Gasteiger partial charge on any atom is 0.254 e. The van der Waals surface area contributed by atoms with Crippen molar-refractivity contribution in [2.75, 3.05) is 6.54 Å². The van der Waals surface area contributed by atoms with Crippen LogP contribution in [0.5, 0.6) is 0 Å². The molecule has 2 amide bonds. The van der Waals surface area contributed by atoms with Crippen LogP contribution in [0, 0.1) is 0 Å². The van der Waals surface area contributed by atoms with Gasteiger partial charge in [-0.2, -0.15) is 0 Å². The summed E-state index contributed by atoms with van der Waals surface area (Å²) in [4.78, 5) is 27.7. The molecule has 0 bridgehead atoms. The first-order valence-electron chi connectivity index (χ1n) is 11.1. The van der Waals surface area contributed by atoms with Gasteiger partial charge in [-0.1, -0.05) is 60.7 Å². The SMILES string of the molecule is C=C/C(=C\C(=C/C)C(=O)N1C[C@H](O)C[C@H]1C(=O)NCc1ccc(Cl)cc1)c1cccc(CO)c1. The van der Waals surface area contributed by atoms with Crippen molar-refractivity contribution in [3.8, 4) is 0 Å². The summed E-state index contributed by atoms with van der Waals surface area (Å²) >= 11 is 5.91. The summed E-state index contributed by atoms with van der Waals surface area (Å²) in [7, 11) is 0. The molecule has 1 heterocycles. The van der Waals surface area contributed by atoms with E-state index in [0.29, 0.717) is 22.7 Å². The lowest BCUT2D eigenvalue weighted by Crippen LogP contribution is -2.46. The molecule has 1 saturated heterocycles. The second-order valence-corrected chi connectivity index (χ2v) is 8.55. The molecule has 34 heavy (non-hydrogen) atoms. The van der Waals surface area contributed by atoms with Crippen LogP contribution in [0.2, 0.25) is 5.02 Å². The summed E-state index contributed by atoms with van der Waals surface area (Å²) in [6, 6.07) is 13.7. The van der Waals surface area contributed by atoms with Crippen LogP contribution in [0.4, 0.5) is 0 Å². The minimum absolute atomic E-state index is 0.0759. The number of amides is 2. The standard InChI is InChI=1S/C27H29ClN2O4/c1-3-20(22-7-5-6-19(12-22)17-31)13-21(4-2)27(34)30-16-24(32)14-25(30)26(33)29-15-18-8-10-23(28)11-9-18/h3-13,24-25,31-32H,1,14-17H2,2H3,(H,29,33)/b20-13+,21-4+/t24-,25+/m1/s1. The van der Waals surface area contributed by atoms with E-state index < -0.39 is 12.1 Å². The second-order valence-electron chi connectivity index (χ2n) is 8.11. The Labute approximate surface area is 204 Å². The predicted molar refractivity (Wildman–Crippen MR) is 134 cm³/mol. The molecular weight excluding hydrogens is 452 g/mol. The van der Waals surface area contributed by atoms with Crippen molar-refractivity contribution in [1.29, 1.82) is 0 Å². The van der Waals surface area contributed by atoms with E-state index in [9.17, 15) is 19.8 Å². The quantitative estimate of drug-likeness (QED) is 0.397. The molecule has 3 N–H and O–H groups in total. The second kappa shape index (κ2) is 11.8. The highest BCUT2D eigenvalue weighted by Gasteiger charge is 2.39. The van der Waals surface area contributed by atoms with Gasteiger partial charge in [0.15, 0.2) is 0 Å². The van der Waals surface area contributed by atoms with Gasteiger partial charge in [-0.15, -0.1) is 0 Å². The van der Waals surface area contributed by atoms with Gasteiger partial charge in [0.1, 0.15) is 6.04 Å². The number of halogens is 1. The normalized spacial score (nSPS) is 18.6. The number of allylic oxidation sites excluding steroid dienone is 3. The van der Waals surface area contributed by atoms with E-state index in [1.54, 1.807) is 37.3 Å². The number of hydrogen-bond acceptors (Lipinski definition) is 4. The zero-order chi connectivity index (χ0) is 24.7. The average molecular weight is 481 g/mol. The number of carbonyl (C=O) groups excluding carboxylic acids is 2. The van der Waals surface area contributed by atoms with Crippen molar-refractivity contribution in [3.63, 3.8) is 0 Å². The van der Waals surface area contributed by atoms with E-state index >= 15 is 0 Å². The summed E-state index contributed by atoms with van der Waals surface area (Å²) in [5, 5.41) is 23.1. The molecule has 0 aliphatic carbocycles. The van der Waals surface area contributed by atoms with Crippen LogP contribution in [0.3, 0.4) is 0 Å².